The molecule has 0 saturated heterocycles. The molecule has 0 aromatic heterocycles. The first-order valence-electron chi connectivity index (χ1n) is 4.07. The van der Waals surface area contributed by atoms with Crippen LogP contribution in [0.5, 0.6) is 5.75 Å². The van der Waals surface area contributed by atoms with E-state index < -0.39 is 0 Å². The van der Waals surface area contributed by atoms with Gasteiger partial charge in [-0.3, -0.25) is 0 Å². The van der Waals surface area contributed by atoms with Crippen molar-refractivity contribution in [3.8, 4) is 5.75 Å². The number of phenols is 1. The molecule has 0 spiro atoms. The molecule has 1 aromatic carbocycles. The highest BCUT2D eigenvalue weighted by molar-refractivity contribution is 5.42. The zero-order valence-electron chi connectivity index (χ0n) is 7.91. The molecule has 0 heterocycles. The molecule has 0 aliphatic carbocycles. The second-order valence-corrected chi connectivity index (χ2v) is 3.33. The van der Waals surface area contributed by atoms with Crippen molar-refractivity contribution in [3.05, 3.63) is 24.3 Å². The van der Waals surface area contributed by atoms with Crippen LogP contribution in [-0.4, -0.2) is 5.11 Å². The van der Waals surface area contributed by atoms with Gasteiger partial charge in [-0.25, -0.2) is 0 Å². The van der Waals surface area contributed by atoms with Crippen LogP contribution in [0.4, 0.5) is 5.69 Å². The Balaban J connectivity index is 0.000000261. The van der Waals surface area contributed by atoms with E-state index in [1.165, 1.54) is 6.07 Å². The van der Waals surface area contributed by atoms with E-state index in [-0.39, 0.29) is 5.75 Å². The molecular weight excluding hydrogens is 150 g/mol. The monoisotopic (exact) mass is 167 g/mol. The summed E-state index contributed by atoms with van der Waals surface area (Å²) in [6, 6.07) is 6.50. The Bertz CT molecular complexity index is 201. The van der Waals surface area contributed by atoms with Gasteiger partial charge in [-0.15, -0.1) is 0 Å². The second kappa shape index (κ2) is 5.47. The van der Waals surface area contributed by atoms with Crippen LogP contribution >= 0.6 is 0 Å². The van der Waals surface area contributed by atoms with E-state index in [2.05, 4.69) is 20.8 Å². The zero-order valence-corrected chi connectivity index (χ0v) is 7.91. The number of anilines is 1. The van der Waals surface area contributed by atoms with Crippen molar-refractivity contribution in [2.45, 2.75) is 20.8 Å². The predicted molar refractivity (Wildman–Crippen MR) is 53.0 cm³/mol. The summed E-state index contributed by atoms with van der Waals surface area (Å²) in [5, 5.41) is 8.73. The largest absolute Gasteiger partial charge is 0.508 e. The molecule has 0 atom stereocenters. The Morgan fingerprint density at radius 2 is 1.75 bits per heavy atom. The van der Waals surface area contributed by atoms with Crippen molar-refractivity contribution >= 4 is 5.69 Å². The lowest BCUT2D eigenvalue weighted by Crippen LogP contribution is -1.80. The molecule has 2 nitrogen and oxygen atoms in total. The average molecular weight is 167 g/mol. The van der Waals surface area contributed by atoms with Crippen molar-refractivity contribution in [1.82, 2.24) is 0 Å². The lowest BCUT2D eigenvalue weighted by atomic mass is 10.3. The number of hydrogen-bond acceptors (Lipinski definition) is 2. The van der Waals surface area contributed by atoms with Crippen molar-refractivity contribution in [2.75, 3.05) is 5.73 Å². The lowest BCUT2D eigenvalue weighted by Gasteiger charge is -1.90. The number of hydrogen-bond donors (Lipinski definition) is 2. The highest BCUT2D eigenvalue weighted by Gasteiger charge is 1.83. The molecule has 1 rings (SSSR count). The summed E-state index contributed by atoms with van der Waals surface area (Å²) in [5.74, 6) is 1.05. The van der Waals surface area contributed by atoms with E-state index in [4.69, 9.17) is 10.8 Å². The molecule has 0 amide bonds. The Hall–Kier alpha value is -1.18. The summed E-state index contributed by atoms with van der Waals surface area (Å²) >= 11 is 0. The van der Waals surface area contributed by atoms with Gasteiger partial charge in [-0.1, -0.05) is 26.8 Å². The summed E-state index contributed by atoms with van der Waals surface area (Å²) in [4.78, 5) is 0. The van der Waals surface area contributed by atoms with E-state index in [9.17, 15) is 0 Å². The molecular formula is C10H17NO. The average Bonchev–Trinajstić information content (AvgIpc) is 1.84. The standard InChI is InChI=1S/C6H7NO.C4H10/c7-5-2-1-3-6(8)4-5;1-4(2)3/h1-4,8H,7H2;4H,1-3H3. The molecule has 0 saturated carbocycles. The van der Waals surface area contributed by atoms with Gasteiger partial charge in [0.1, 0.15) is 5.75 Å². The van der Waals surface area contributed by atoms with Gasteiger partial charge in [0.2, 0.25) is 0 Å². The minimum atomic E-state index is 0.213. The summed E-state index contributed by atoms with van der Waals surface area (Å²) in [6.45, 7) is 6.50. The molecule has 0 aliphatic rings. The van der Waals surface area contributed by atoms with Gasteiger partial charge in [-0.2, -0.15) is 0 Å². The van der Waals surface area contributed by atoms with Crippen LogP contribution in [0.1, 0.15) is 20.8 Å². The van der Waals surface area contributed by atoms with Crippen LogP contribution < -0.4 is 5.73 Å². The maximum atomic E-state index is 8.73. The fourth-order valence-electron chi connectivity index (χ4n) is 0.525. The van der Waals surface area contributed by atoms with Gasteiger partial charge in [0.25, 0.3) is 0 Å². The Kier molecular flexibility index (Phi) is 4.93. The molecule has 0 aliphatic heterocycles. The Morgan fingerprint density at radius 1 is 1.25 bits per heavy atom. The number of nitrogen functional groups attached to an aromatic ring is 1. The number of nitrogens with two attached hydrogens (primary N) is 1. The fourth-order valence-corrected chi connectivity index (χ4v) is 0.525. The van der Waals surface area contributed by atoms with Crippen LogP contribution in [0.15, 0.2) is 24.3 Å². The van der Waals surface area contributed by atoms with E-state index >= 15 is 0 Å². The summed E-state index contributed by atoms with van der Waals surface area (Å²) in [6.07, 6.45) is 0. The molecule has 68 valence electrons. The van der Waals surface area contributed by atoms with Gasteiger partial charge in [0.15, 0.2) is 0 Å². The first-order chi connectivity index (χ1) is 5.52. The van der Waals surface area contributed by atoms with E-state index in [1.54, 1.807) is 18.2 Å². The van der Waals surface area contributed by atoms with Crippen LogP contribution in [0.3, 0.4) is 0 Å². The van der Waals surface area contributed by atoms with Crippen molar-refractivity contribution in [1.29, 1.82) is 0 Å². The molecule has 0 bridgehead atoms. The summed E-state index contributed by atoms with van der Waals surface area (Å²) in [5.41, 5.74) is 5.89. The molecule has 3 N–H and O–H groups in total. The van der Waals surface area contributed by atoms with Crippen LogP contribution in [-0.2, 0) is 0 Å². The number of aromatic hydroxyl groups is 1. The first-order valence-corrected chi connectivity index (χ1v) is 4.07. The summed E-state index contributed by atoms with van der Waals surface area (Å²) < 4.78 is 0. The highest BCUT2D eigenvalue weighted by Crippen LogP contribution is 2.10. The number of benzene rings is 1. The normalized spacial score (nSPS) is 9.00. The van der Waals surface area contributed by atoms with E-state index in [0.29, 0.717) is 5.69 Å². The zero-order chi connectivity index (χ0) is 9.56. The third kappa shape index (κ3) is 6.93. The third-order valence-corrected chi connectivity index (χ3v) is 0.870. The summed E-state index contributed by atoms with van der Waals surface area (Å²) in [7, 11) is 0. The maximum Gasteiger partial charge on any atom is 0.117 e. The Morgan fingerprint density at radius 3 is 2.00 bits per heavy atom. The van der Waals surface area contributed by atoms with Gasteiger partial charge in [-0.05, 0) is 18.1 Å². The minimum Gasteiger partial charge on any atom is -0.508 e. The first kappa shape index (κ1) is 10.8. The van der Waals surface area contributed by atoms with Crippen LogP contribution in [0.25, 0.3) is 0 Å². The van der Waals surface area contributed by atoms with Crippen molar-refractivity contribution in [3.63, 3.8) is 0 Å². The molecule has 0 radical (unpaired) electrons. The second-order valence-electron chi connectivity index (χ2n) is 3.33. The van der Waals surface area contributed by atoms with Crippen LogP contribution in [0.2, 0.25) is 0 Å². The van der Waals surface area contributed by atoms with Gasteiger partial charge >= 0.3 is 0 Å². The molecule has 1 aromatic rings. The van der Waals surface area contributed by atoms with Crippen molar-refractivity contribution < 1.29 is 5.11 Å². The predicted octanol–water partition coefficient (Wildman–Crippen LogP) is 2.64. The number of rotatable bonds is 0. The minimum absolute atomic E-state index is 0.213. The lowest BCUT2D eigenvalue weighted by molar-refractivity contribution is 0.475. The smallest absolute Gasteiger partial charge is 0.117 e. The van der Waals surface area contributed by atoms with Crippen molar-refractivity contribution in [2.24, 2.45) is 5.92 Å². The van der Waals surface area contributed by atoms with Gasteiger partial charge < -0.3 is 10.8 Å². The fraction of sp³-hybridized carbons (Fsp3) is 0.400. The van der Waals surface area contributed by atoms with E-state index in [0.717, 1.165) is 5.92 Å². The Labute approximate surface area is 74.0 Å². The highest BCUT2D eigenvalue weighted by atomic mass is 16.3. The molecule has 0 fully saturated rings. The molecule has 0 unspecified atom stereocenters. The maximum absolute atomic E-state index is 8.73. The third-order valence-electron chi connectivity index (χ3n) is 0.870. The quantitative estimate of drug-likeness (QED) is 0.583. The topological polar surface area (TPSA) is 46.2 Å². The van der Waals surface area contributed by atoms with Gasteiger partial charge in [0, 0.05) is 11.8 Å². The molecule has 2 heteroatoms. The van der Waals surface area contributed by atoms with Crippen LogP contribution in [0, 0.1) is 5.92 Å². The number of phenolic OH excluding ortho intramolecular Hbond substituents is 1. The SMILES string of the molecule is CC(C)C.Nc1cccc(O)c1. The van der Waals surface area contributed by atoms with E-state index in [1.807, 2.05) is 0 Å². The van der Waals surface area contributed by atoms with Gasteiger partial charge in [0.05, 0.1) is 0 Å². The molecule has 12 heavy (non-hydrogen) atoms.